The van der Waals surface area contributed by atoms with Gasteiger partial charge in [-0.25, -0.2) is 0 Å². The molecule has 2 N–H and O–H groups in total. The van der Waals surface area contributed by atoms with Crippen LogP contribution in [-0.4, -0.2) is 17.9 Å². The highest BCUT2D eigenvalue weighted by molar-refractivity contribution is 6.04. The van der Waals surface area contributed by atoms with Crippen LogP contribution in [0.4, 0.5) is 0 Å². The number of hydrogen-bond acceptors (Lipinski definition) is 2. The number of hydrogen-bond donors (Lipinski definition) is 2. The zero-order valence-corrected chi connectivity index (χ0v) is 15.2. The van der Waals surface area contributed by atoms with Crippen molar-refractivity contribution in [3.63, 3.8) is 0 Å². The van der Waals surface area contributed by atoms with Gasteiger partial charge in [0.2, 0.25) is 5.91 Å². The number of carbonyl (C=O) groups is 2. The van der Waals surface area contributed by atoms with Crippen LogP contribution in [0.2, 0.25) is 0 Å². The molecule has 0 unspecified atom stereocenters. The van der Waals surface area contributed by atoms with E-state index in [1.807, 2.05) is 60.7 Å². The topological polar surface area (TPSA) is 58.2 Å². The lowest BCUT2D eigenvalue weighted by molar-refractivity contribution is -0.121. The van der Waals surface area contributed by atoms with E-state index in [0.29, 0.717) is 0 Å². The van der Waals surface area contributed by atoms with Crippen LogP contribution in [0.1, 0.15) is 36.8 Å². The summed E-state index contributed by atoms with van der Waals surface area (Å²) in [6.45, 7) is 0. The average molecular weight is 360 g/mol. The molecule has 2 aromatic rings. The minimum absolute atomic E-state index is 0.188. The molecule has 0 bridgehead atoms. The minimum atomic E-state index is -0.331. The predicted octanol–water partition coefficient (Wildman–Crippen LogP) is 3.92. The molecule has 0 saturated heterocycles. The van der Waals surface area contributed by atoms with E-state index in [1.165, 1.54) is 6.08 Å². The van der Waals surface area contributed by atoms with Gasteiger partial charge in [-0.05, 0) is 36.1 Å². The van der Waals surface area contributed by atoms with Crippen molar-refractivity contribution in [2.24, 2.45) is 0 Å². The molecular weight excluding hydrogens is 336 g/mol. The summed E-state index contributed by atoms with van der Waals surface area (Å²) in [6.07, 6.45) is 9.13. The second-order valence-corrected chi connectivity index (χ2v) is 6.66. The molecule has 2 amide bonds. The first-order valence-corrected chi connectivity index (χ1v) is 9.32. The van der Waals surface area contributed by atoms with E-state index in [-0.39, 0.29) is 23.6 Å². The van der Waals surface area contributed by atoms with Crippen molar-refractivity contribution in [3.05, 3.63) is 83.6 Å². The molecule has 4 nitrogen and oxygen atoms in total. The van der Waals surface area contributed by atoms with Crippen LogP contribution in [0.3, 0.4) is 0 Å². The zero-order chi connectivity index (χ0) is 18.9. The molecule has 0 aromatic heterocycles. The van der Waals surface area contributed by atoms with Crippen molar-refractivity contribution < 1.29 is 9.59 Å². The van der Waals surface area contributed by atoms with Gasteiger partial charge in [0, 0.05) is 12.1 Å². The zero-order valence-electron chi connectivity index (χ0n) is 15.2. The van der Waals surface area contributed by atoms with E-state index < -0.39 is 0 Å². The maximum atomic E-state index is 12.7. The van der Waals surface area contributed by atoms with E-state index in [9.17, 15) is 9.59 Å². The monoisotopic (exact) mass is 360 g/mol. The Morgan fingerprint density at radius 1 is 0.852 bits per heavy atom. The average Bonchev–Trinajstić information content (AvgIpc) is 3.20. The molecule has 0 atom stereocenters. The SMILES string of the molecule is O=C(/C=C\c1ccccc1)NC(=Cc1ccccc1)C(=O)NC1CCCC1. The first-order valence-electron chi connectivity index (χ1n) is 9.32. The number of rotatable bonds is 6. The number of benzene rings is 2. The fourth-order valence-electron chi connectivity index (χ4n) is 3.12. The van der Waals surface area contributed by atoms with Gasteiger partial charge in [0.25, 0.3) is 5.91 Å². The molecular formula is C23H24N2O2. The van der Waals surface area contributed by atoms with Crippen LogP contribution in [0, 0.1) is 0 Å². The second kappa shape index (κ2) is 9.53. The minimum Gasteiger partial charge on any atom is -0.348 e. The molecule has 0 heterocycles. The highest BCUT2D eigenvalue weighted by Crippen LogP contribution is 2.18. The summed E-state index contributed by atoms with van der Waals surface area (Å²) >= 11 is 0. The van der Waals surface area contributed by atoms with Gasteiger partial charge in [-0.2, -0.15) is 0 Å². The van der Waals surface area contributed by atoms with Gasteiger partial charge in [-0.3, -0.25) is 9.59 Å². The van der Waals surface area contributed by atoms with Crippen molar-refractivity contribution >= 4 is 24.0 Å². The summed E-state index contributed by atoms with van der Waals surface area (Å²) in [5, 5.41) is 5.77. The summed E-state index contributed by atoms with van der Waals surface area (Å²) in [5.41, 5.74) is 2.05. The van der Waals surface area contributed by atoms with Crippen molar-refractivity contribution in [2.45, 2.75) is 31.7 Å². The highest BCUT2D eigenvalue weighted by Gasteiger charge is 2.20. The number of amides is 2. The number of nitrogens with one attached hydrogen (secondary N) is 2. The Hall–Kier alpha value is -3.14. The summed E-state index contributed by atoms with van der Waals surface area (Å²) < 4.78 is 0. The molecule has 27 heavy (non-hydrogen) atoms. The standard InChI is InChI=1S/C23H24N2O2/c26-22(16-15-18-9-3-1-4-10-18)25-21(17-19-11-5-2-6-12-19)23(27)24-20-13-7-8-14-20/h1-6,9-12,15-17,20H,7-8,13-14H2,(H,24,27)(H,25,26)/b16-15-,21-17?. The molecule has 1 aliphatic carbocycles. The van der Waals surface area contributed by atoms with Gasteiger partial charge in [0.15, 0.2) is 0 Å². The Labute approximate surface area is 160 Å². The largest absolute Gasteiger partial charge is 0.348 e. The maximum Gasteiger partial charge on any atom is 0.268 e. The Morgan fingerprint density at radius 3 is 2.07 bits per heavy atom. The highest BCUT2D eigenvalue weighted by atomic mass is 16.2. The molecule has 1 saturated carbocycles. The van der Waals surface area contributed by atoms with Crippen LogP contribution >= 0.6 is 0 Å². The molecule has 0 aliphatic heterocycles. The molecule has 1 aliphatic rings. The van der Waals surface area contributed by atoms with Gasteiger partial charge in [0.1, 0.15) is 5.70 Å². The molecule has 0 radical (unpaired) electrons. The van der Waals surface area contributed by atoms with Crippen molar-refractivity contribution in [3.8, 4) is 0 Å². The lowest BCUT2D eigenvalue weighted by Crippen LogP contribution is -2.38. The Bertz CT molecular complexity index is 820. The van der Waals surface area contributed by atoms with Gasteiger partial charge >= 0.3 is 0 Å². The van der Waals surface area contributed by atoms with E-state index in [1.54, 1.807) is 12.2 Å². The molecule has 4 heteroatoms. The smallest absolute Gasteiger partial charge is 0.268 e. The van der Waals surface area contributed by atoms with Crippen molar-refractivity contribution in [2.75, 3.05) is 0 Å². The lowest BCUT2D eigenvalue weighted by Gasteiger charge is -2.14. The fraction of sp³-hybridized carbons (Fsp3) is 0.217. The molecule has 138 valence electrons. The summed E-state index contributed by atoms with van der Waals surface area (Å²) in [4.78, 5) is 25.0. The Kier molecular flexibility index (Phi) is 6.58. The quantitative estimate of drug-likeness (QED) is 0.767. The lowest BCUT2D eigenvalue weighted by atomic mass is 10.1. The third-order valence-corrected chi connectivity index (χ3v) is 4.53. The van der Waals surface area contributed by atoms with Crippen LogP contribution in [-0.2, 0) is 9.59 Å². The first-order chi connectivity index (χ1) is 13.2. The van der Waals surface area contributed by atoms with Crippen LogP contribution < -0.4 is 10.6 Å². The molecule has 0 spiro atoms. The van der Waals surface area contributed by atoms with Gasteiger partial charge in [-0.1, -0.05) is 73.5 Å². The summed E-state index contributed by atoms with van der Waals surface area (Å²) in [5.74, 6) is -0.574. The van der Waals surface area contributed by atoms with Crippen LogP contribution in [0.15, 0.2) is 72.4 Å². The third-order valence-electron chi connectivity index (χ3n) is 4.53. The fourth-order valence-corrected chi connectivity index (χ4v) is 3.12. The van der Waals surface area contributed by atoms with Gasteiger partial charge < -0.3 is 10.6 Å². The maximum absolute atomic E-state index is 12.7. The first kappa shape index (κ1) is 18.6. The van der Waals surface area contributed by atoms with E-state index >= 15 is 0 Å². The van der Waals surface area contributed by atoms with Crippen LogP contribution in [0.25, 0.3) is 12.2 Å². The van der Waals surface area contributed by atoms with E-state index in [4.69, 9.17) is 0 Å². The summed E-state index contributed by atoms with van der Waals surface area (Å²) in [6, 6.07) is 19.3. The van der Waals surface area contributed by atoms with Crippen LogP contribution in [0.5, 0.6) is 0 Å². The van der Waals surface area contributed by atoms with Crippen molar-refractivity contribution in [1.82, 2.24) is 10.6 Å². The number of carbonyl (C=O) groups excluding carboxylic acids is 2. The van der Waals surface area contributed by atoms with Gasteiger partial charge in [0.05, 0.1) is 0 Å². The molecule has 1 fully saturated rings. The Balaban J connectivity index is 1.72. The van der Waals surface area contributed by atoms with E-state index in [2.05, 4.69) is 10.6 Å². The normalized spacial score (nSPS) is 15.0. The van der Waals surface area contributed by atoms with Crippen molar-refractivity contribution in [1.29, 1.82) is 0 Å². The molecule has 3 rings (SSSR count). The van der Waals surface area contributed by atoms with Gasteiger partial charge in [-0.15, -0.1) is 0 Å². The Morgan fingerprint density at radius 2 is 1.44 bits per heavy atom. The van der Waals surface area contributed by atoms with E-state index in [0.717, 1.165) is 36.8 Å². The summed E-state index contributed by atoms with van der Waals surface area (Å²) in [7, 11) is 0. The molecule has 2 aromatic carbocycles. The second-order valence-electron chi connectivity index (χ2n) is 6.66. The predicted molar refractivity (Wildman–Crippen MR) is 108 cm³/mol. The third kappa shape index (κ3) is 5.96.